The summed E-state index contributed by atoms with van der Waals surface area (Å²) in [6.45, 7) is -5.85. The second kappa shape index (κ2) is 5.77. The van der Waals surface area contributed by atoms with Gasteiger partial charge in [-0.15, -0.1) is 0 Å². The average molecular weight is 296 g/mol. The number of amides is 1. The molecule has 1 aliphatic rings. The van der Waals surface area contributed by atoms with Gasteiger partial charge in [0.2, 0.25) is 0 Å². The van der Waals surface area contributed by atoms with Crippen molar-refractivity contribution in [3.05, 3.63) is 35.5 Å². The number of nitrogens with zero attached hydrogens (tertiary/aromatic N) is 1. The minimum absolute atomic E-state index is 0.0160. The molecule has 0 aliphatic carbocycles. The van der Waals surface area contributed by atoms with E-state index in [2.05, 4.69) is 10.3 Å². The summed E-state index contributed by atoms with van der Waals surface area (Å²) < 4.78 is 74.7. The number of carbonyl (C=O) groups excluding carboxylic acids is 1. The summed E-state index contributed by atoms with van der Waals surface area (Å²) in [4.78, 5) is 14.5. The summed E-state index contributed by atoms with van der Waals surface area (Å²) >= 11 is 0. The lowest BCUT2D eigenvalue weighted by Crippen LogP contribution is -2.28. The quantitative estimate of drug-likeness (QED) is 0.886. The molecule has 0 unspecified atom stereocenters. The molecular weight excluding hydrogens is 266 g/mol. The van der Waals surface area contributed by atoms with Crippen LogP contribution in [0.2, 0.25) is 0 Å². The number of alkyl carbamates (subject to hydrolysis) is 1. The minimum atomic E-state index is -2.82. The summed E-state index contributed by atoms with van der Waals surface area (Å²) in [6.07, 6.45) is 1.07. The number of hydrogen-bond donors (Lipinski definition) is 2. The minimum Gasteiger partial charge on any atom is -0.447 e. The molecule has 5 heteroatoms. The Bertz CT molecular complexity index is 954. The zero-order chi connectivity index (χ0) is 22.4. The molecule has 2 aromatic rings. The van der Waals surface area contributed by atoms with E-state index >= 15 is 0 Å². The fraction of sp³-hybridized carbons (Fsp3) is 0.438. The predicted molar refractivity (Wildman–Crippen MR) is 82.5 cm³/mol. The highest BCUT2D eigenvalue weighted by Crippen LogP contribution is 2.21. The second-order valence-corrected chi connectivity index (χ2v) is 4.96. The monoisotopic (exact) mass is 296 g/mol. The Morgan fingerprint density at radius 2 is 2.43 bits per heavy atom. The molecule has 2 heterocycles. The van der Waals surface area contributed by atoms with Gasteiger partial charge in [-0.05, 0) is 50.0 Å². The molecule has 1 atom stereocenters. The zero-order valence-electron chi connectivity index (χ0n) is 20.2. The maximum absolute atomic E-state index is 11.3. The number of aromatic amines is 1. The van der Waals surface area contributed by atoms with Crippen LogP contribution >= 0.6 is 0 Å². The molecule has 3 rings (SSSR count). The number of hydrogen-bond acceptors (Lipinski definition) is 3. The number of nitrogens with one attached hydrogen (secondary N) is 2. The highest BCUT2D eigenvalue weighted by Gasteiger charge is 2.22. The number of benzene rings is 1. The van der Waals surface area contributed by atoms with Crippen LogP contribution < -0.4 is 5.32 Å². The van der Waals surface area contributed by atoms with Crippen LogP contribution in [0.1, 0.15) is 23.5 Å². The van der Waals surface area contributed by atoms with Crippen molar-refractivity contribution in [2.24, 2.45) is 0 Å². The molecule has 0 radical (unpaired) electrons. The molecular formula is C16H21N3O2. The number of likely N-dealkylation sites (N-methyl/N-ethyl adjacent to an activating group) is 1. The van der Waals surface area contributed by atoms with Crippen LogP contribution in [0.25, 0.3) is 10.9 Å². The van der Waals surface area contributed by atoms with Gasteiger partial charge in [-0.2, -0.15) is 0 Å². The summed E-state index contributed by atoms with van der Waals surface area (Å²) in [5, 5.41) is 2.92. The van der Waals surface area contributed by atoms with Crippen molar-refractivity contribution in [1.82, 2.24) is 15.2 Å². The number of fused-ring (bicyclic) bond motifs is 1. The first-order valence-corrected chi connectivity index (χ1v) is 6.60. The normalized spacial score (nSPS) is 25.7. The Hall–Kier alpha value is -2.01. The lowest BCUT2D eigenvalue weighted by Gasteiger charge is -2.09. The molecule has 21 heavy (non-hydrogen) atoms. The first kappa shape index (κ1) is 6.83. The van der Waals surface area contributed by atoms with Crippen LogP contribution in [-0.2, 0) is 17.6 Å². The van der Waals surface area contributed by atoms with E-state index in [1.54, 1.807) is 0 Å². The van der Waals surface area contributed by atoms with Gasteiger partial charge in [0.1, 0.15) is 6.61 Å². The third-order valence-corrected chi connectivity index (χ3v) is 3.37. The van der Waals surface area contributed by atoms with E-state index in [9.17, 15) is 4.79 Å². The van der Waals surface area contributed by atoms with Crippen LogP contribution in [0.15, 0.2) is 24.3 Å². The number of ether oxygens (including phenoxy) is 1. The smallest absolute Gasteiger partial charge is 0.407 e. The zero-order valence-corrected chi connectivity index (χ0v) is 11.2. The van der Waals surface area contributed by atoms with Crippen LogP contribution in [0.3, 0.4) is 0 Å². The van der Waals surface area contributed by atoms with Gasteiger partial charge in [0.25, 0.3) is 0 Å². The molecule has 1 aliphatic heterocycles. The predicted octanol–water partition coefficient (Wildman–Crippen LogP) is 1.92. The van der Waals surface area contributed by atoms with E-state index in [4.69, 9.17) is 17.1 Å². The van der Waals surface area contributed by atoms with Gasteiger partial charge in [-0.25, -0.2) is 4.79 Å². The van der Waals surface area contributed by atoms with Crippen molar-refractivity contribution in [1.29, 1.82) is 0 Å². The first-order chi connectivity index (χ1) is 13.8. The molecule has 1 amide bonds. The van der Waals surface area contributed by atoms with Gasteiger partial charge in [0.05, 0.1) is 10.2 Å². The molecule has 2 N–H and O–H groups in total. The van der Waals surface area contributed by atoms with Crippen LogP contribution in [0, 0.1) is 0 Å². The van der Waals surface area contributed by atoms with Crippen molar-refractivity contribution < 1.29 is 21.9 Å². The van der Waals surface area contributed by atoms with Gasteiger partial charge in [0.15, 0.2) is 0 Å². The Balaban J connectivity index is 1.96. The second-order valence-electron chi connectivity index (χ2n) is 4.96. The maximum atomic E-state index is 11.3. The van der Waals surface area contributed by atoms with E-state index in [0.29, 0.717) is 15.8 Å². The van der Waals surface area contributed by atoms with Gasteiger partial charge < -0.3 is 19.9 Å². The van der Waals surface area contributed by atoms with Crippen molar-refractivity contribution in [3.8, 4) is 0 Å². The van der Waals surface area contributed by atoms with Crippen LogP contribution in [0.5, 0.6) is 0 Å². The summed E-state index contributed by atoms with van der Waals surface area (Å²) in [5.41, 5.74) is 0.993. The number of carbonyl (C=O) groups is 1. The fourth-order valence-electron chi connectivity index (χ4n) is 2.34. The maximum Gasteiger partial charge on any atom is 0.407 e. The summed E-state index contributed by atoms with van der Waals surface area (Å²) in [7, 11) is 0. The van der Waals surface area contributed by atoms with E-state index in [1.807, 2.05) is 0 Å². The van der Waals surface area contributed by atoms with Crippen molar-refractivity contribution >= 4 is 17.0 Å². The molecule has 0 saturated carbocycles. The molecule has 1 aromatic carbocycles. The number of rotatable bonds is 5. The van der Waals surface area contributed by atoms with Gasteiger partial charge in [-0.3, -0.25) is 0 Å². The van der Waals surface area contributed by atoms with E-state index in [-0.39, 0.29) is 55.2 Å². The molecule has 0 spiro atoms. The SMILES string of the molecule is [2H]c1c(C[C@H]2COC(=O)N2)c([2H])c2c(CCN(C([2H])([2H])[2H])C([2H])([2H])[2H])c[nH]c2c1[2H]. The van der Waals surface area contributed by atoms with Crippen LogP contribution in [-0.4, -0.2) is 49.1 Å². The van der Waals surface area contributed by atoms with Crippen molar-refractivity contribution in [2.75, 3.05) is 27.1 Å². The molecule has 1 aromatic heterocycles. The summed E-state index contributed by atoms with van der Waals surface area (Å²) in [5.74, 6) is 0. The van der Waals surface area contributed by atoms with Gasteiger partial charge in [0, 0.05) is 31.9 Å². The Kier molecular flexibility index (Phi) is 1.88. The largest absolute Gasteiger partial charge is 0.447 e. The highest BCUT2D eigenvalue weighted by molar-refractivity contribution is 5.84. The topological polar surface area (TPSA) is 57.4 Å². The Morgan fingerprint density at radius 3 is 3.19 bits per heavy atom. The third kappa shape index (κ3) is 3.19. The Morgan fingerprint density at radius 1 is 1.52 bits per heavy atom. The standard InChI is InChI=1S/C16H21N3O2/c1-19(2)6-5-12-9-17-15-4-3-11(8-14(12)15)7-13-10-21-16(20)18-13/h3-4,8-9,13,17H,5-7,10H2,1-2H3,(H,18,20)/t13-/m0/s1/i1D3,2D3,3D,4D,8D. The molecule has 1 saturated heterocycles. The molecule has 5 nitrogen and oxygen atoms in total. The Labute approximate surface area is 136 Å². The first-order valence-electron chi connectivity index (χ1n) is 11.1. The molecule has 1 fully saturated rings. The van der Waals surface area contributed by atoms with Gasteiger partial charge in [-0.1, -0.05) is 6.04 Å². The number of H-pyrrole nitrogens is 1. The molecule has 112 valence electrons. The lowest BCUT2D eigenvalue weighted by molar-refractivity contribution is 0.177. The lowest BCUT2D eigenvalue weighted by atomic mass is 10.0. The average Bonchev–Trinajstić information content (AvgIpc) is 3.21. The number of cyclic esters (lactones) is 1. The van der Waals surface area contributed by atoms with Crippen molar-refractivity contribution in [2.45, 2.75) is 18.9 Å². The molecule has 0 bridgehead atoms. The van der Waals surface area contributed by atoms with E-state index < -0.39 is 26.1 Å². The number of aromatic nitrogens is 1. The third-order valence-electron chi connectivity index (χ3n) is 3.37. The van der Waals surface area contributed by atoms with Gasteiger partial charge >= 0.3 is 6.09 Å². The van der Waals surface area contributed by atoms with Crippen LogP contribution in [0.4, 0.5) is 4.79 Å². The van der Waals surface area contributed by atoms with E-state index in [0.717, 1.165) is 0 Å². The van der Waals surface area contributed by atoms with Crippen molar-refractivity contribution in [3.63, 3.8) is 0 Å². The van der Waals surface area contributed by atoms with E-state index in [1.165, 1.54) is 6.20 Å². The highest BCUT2D eigenvalue weighted by atomic mass is 16.6. The fourth-order valence-corrected chi connectivity index (χ4v) is 2.34. The summed E-state index contributed by atoms with van der Waals surface area (Å²) in [6, 6.07) is -0.714.